The van der Waals surface area contributed by atoms with Crippen LogP contribution in [-0.2, 0) is 13.1 Å². The number of anilines is 1. The fourth-order valence-corrected chi connectivity index (χ4v) is 3.73. The first-order chi connectivity index (χ1) is 13.7. The van der Waals surface area contributed by atoms with Gasteiger partial charge in [-0.1, -0.05) is 18.2 Å². The molecule has 7 heteroatoms. The van der Waals surface area contributed by atoms with Crippen molar-refractivity contribution in [1.29, 1.82) is 0 Å². The molecule has 0 unspecified atom stereocenters. The van der Waals surface area contributed by atoms with Crippen LogP contribution in [0.3, 0.4) is 0 Å². The Morgan fingerprint density at radius 3 is 2.82 bits per heavy atom. The van der Waals surface area contributed by atoms with Crippen molar-refractivity contribution in [3.8, 4) is 11.6 Å². The number of aryl methyl sites for hydroxylation is 2. The Labute approximate surface area is 167 Å². The first-order valence-electron chi connectivity index (χ1n) is 9.05. The van der Waals surface area contributed by atoms with Crippen LogP contribution in [0, 0.1) is 6.92 Å². The highest BCUT2D eigenvalue weighted by atomic mass is 32.2. The fraction of sp³-hybridized carbons (Fsp3) is 0.238. The van der Waals surface area contributed by atoms with Crippen LogP contribution in [-0.4, -0.2) is 27.7 Å². The lowest BCUT2D eigenvalue weighted by Crippen LogP contribution is -2.01. The molecule has 0 radical (unpaired) electrons. The van der Waals surface area contributed by atoms with Crippen LogP contribution < -0.4 is 5.32 Å². The second-order valence-electron chi connectivity index (χ2n) is 6.46. The van der Waals surface area contributed by atoms with E-state index in [1.54, 1.807) is 11.8 Å². The largest absolute Gasteiger partial charge is 0.417 e. The number of aromatic nitrogens is 3. The minimum absolute atomic E-state index is 0.250. The van der Waals surface area contributed by atoms with E-state index < -0.39 is 6.67 Å². The van der Waals surface area contributed by atoms with Gasteiger partial charge in [-0.25, -0.2) is 4.39 Å². The number of nitrogens with zero attached hydrogens (tertiary/aromatic N) is 3. The molecule has 2 aromatic heterocycles. The molecule has 5 nitrogen and oxygen atoms in total. The Morgan fingerprint density at radius 1 is 1.14 bits per heavy atom. The fourth-order valence-electron chi connectivity index (χ4n) is 3.27. The molecule has 0 spiro atoms. The lowest BCUT2D eigenvalue weighted by molar-refractivity contribution is 0.448. The Bertz CT molecular complexity index is 1100. The highest BCUT2D eigenvalue weighted by Crippen LogP contribution is 2.29. The molecule has 0 fully saturated rings. The van der Waals surface area contributed by atoms with Gasteiger partial charge in [0.15, 0.2) is 0 Å². The van der Waals surface area contributed by atoms with Crippen molar-refractivity contribution in [2.75, 3.05) is 18.2 Å². The van der Waals surface area contributed by atoms with Crippen LogP contribution >= 0.6 is 11.8 Å². The van der Waals surface area contributed by atoms with Gasteiger partial charge in [-0.05, 0) is 49.1 Å². The molecule has 0 aliphatic heterocycles. The van der Waals surface area contributed by atoms with E-state index in [0.29, 0.717) is 18.3 Å². The Kier molecular flexibility index (Phi) is 5.34. The first kappa shape index (κ1) is 18.6. The van der Waals surface area contributed by atoms with Gasteiger partial charge in [-0.3, -0.25) is 0 Å². The van der Waals surface area contributed by atoms with Crippen LogP contribution in [0.1, 0.15) is 11.5 Å². The average molecular weight is 396 g/mol. The molecular formula is C21H21FN4OS. The van der Waals surface area contributed by atoms with Crippen molar-refractivity contribution in [2.24, 2.45) is 0 Å². The molecule has 2 aromatic carbocycles. The molecule has 144 valence electrons. The van der Waals surface area contributed by atoms with Gasteiger partial charge >= 0.3 is 0 Å². The zero-order chi connectivity index (χ0) is 19.5. The first-order valence-corrected chi connectivity index (χ1v) is 10.3. The van der Waals surface area contributed by atoms with Gasteiger partial charge in [-0.2, -0.15) is 0 Å². The molecular weight excluding hydrogens is 375 g/mol. The summed E-state index contributed by atoms with van der Waals surface area (Å²) in [6.07, 6.45) is 2.04. The van der Waals surface area contributed by atoms with Crippen LogP contribution in [0.2, 0.25) is 0 Å². The smallest absolute Gasteiger partial charge is 0.264 e. The standard InChI is InChI=1S/C21H21FN4OS/c1-14-5-3-8-18-17(14)12-19(26(18)10-9-22)21-25-24-20(27-21)13-23-15-6-4-7-16(11-15)28-2/h3-8,11-12,23H,9-10,13H2,1-2H3. The molecule has 1 N–H and O–H groups in total. The van der Waals surface area contributed by atoms with Gasteiger partial charge in [0.2, 0.25) is 5.89 Å². The number of alkyl halides is 1. The van der Waals surface area contributed by atoms with Crippen LogP contribution in [0.4, 0.5) is 10.1 Å². The number of nitrogens with one attached hydrogen (secondary N) is 1. The molecule has 4 rings (SSSR count). The number of halogens is 1. The minimum atomic E-state index is -0.459. The second-order valence-corrected chi connectivity index (χ2v) is 7.34. The SMILES string of the molecule is CSc1cccc(NCc2nnc(-c3cc4c(C)cccc4n3CCF)o2)c1. The topological polar surface area (TPSA) is 55.9 Å². The number of fused-ring (bicyclic) bond motifs is 1. The van der Waals surface area contributed by atoms with Gasteiger partial charge < -0.3 is 14.3 Å². The van der Waals surface area contributed by atoms with Crippen LogP contribution in [0.25, 0.3) is 22.5 Å². The maximum atomic E-state index is 13.2. The highest BCUT2D eigenvalue weighted by molar-refractivity contribution is 7.98. The van der Waals surface area contributed by atoms with Gasteiger partial charge in [0.1, 0.15) is 12.4 Å². The van der Waals surface area contributed by atoms with Crippen molar-refractivity contribution in [1.82, 2.24) is 14.8 Å². The van der Waals surface area contributed by atoms with Gasteiger partial charge in [-0.15, -0.1) is 22.0 Å². The molecule has 28 heavy (non-hydrogen) atoms. The van der Waals surface area contributed by atoms with E-state index in [-0.39, 0.29) is 6.54 Å². The Morgan fingerprint density at radius 2 is 2.00 bits per heavy atom. The predicted octanol–water partition coefficient (Wildman–Crippen LogP) is 5.30. The molecule has 4 aromatic rings. The lowest BCUT2D eigenvalue weighted by atomic mass is 10.1. The zero-order valence-corrected chi connectivity index (χ0v) is 16.6. The maximum Gasteiger partial charge on any atom is 0.264 e. The lowest BCUT2D eigenvalue weighted by Gasteiger charge is -2.06. The van der Waals surface area contributed by atoms with Crippen molar-refractivity contribution >= 4 is 28.4 Å². The number of thioether (sulfide) groups is 1. The number of benzene rings is 2. The highest BCUT2D eigenvalue weighted by Gasteiger charge is 2.17. The van der Waals surface area contributed by atoms with E-state index in [2.05, 4.69) is 27.6 Å². The third-order valence-corrected chi connectivity index (χ3v) is 5.40. The molecule has 0 saturated carbocycles. The van der Waals surface area contributed by atoms with E-state index in [9.17, 15) is 4.39 Å². The normalized spacial score (nSPS) is 11.2. The van der Waals surface area contributed by atoms with Crippen molar-refractivity contribution < 1.29 is 8.81 Å². The summed E-state index contributed by atoms with van der Waals surface area (Å²) in [5.74, 6) is 0.886. The summed E-state index contributed by atoms with van der Waals surface area (Å²) in [5.41, 5.74) is 3.84. The van der Waals surface area contributed by atoms with Crippen molar-refractivity contribution in [3.63, 3.8) is 0 Å². The molecule has 2 heterocycles. The summed E-state index contributed by atoms with van der Waals surface area (Å²) in [7, 11) is 0. The summed E-state index contributed by atoms with van der Waals surface area (Å²) in [6, 6.07) is 16.1. The third kappa shape index (κ3) is 3.62. The second kappa shape index (κ2) is 8.06. The van der Waals surface area contributed by atoms with E-state index in [0.717, 1.165) is 27.8 Å². The zero-order valence-electron chi connectivity index (χ0n) is 15.8. The average Bonchev–Trinajstić information content (AvgIpc) is 3.33. The number of hydrogen-bond acceptors (Lipinski definition) is 5. The van der Waals surface area contributed by atoms with E-state index in [1.807, 2.05) is 54.1 Å². The van der Waals surface area contributed by atoms with E-state index in [1.165, 1.54) is 4.90 Å². The van der Waals surface area contributed by atoms with Gasteiger partial charge in [0.05, 0.1) is 13.1 Å². The number of hydrogen-bond donors (Lipinski definition) is 1. The van der Waals surface area contributed by atoms with Crippen molar-refractivity contribution in [2.45, 2.75) is 24.9 Å². The summed E-state index contributed by atoms with van der Waals surface area (Å²) in [4.78, 5) is 1.18. The minimum Gasteiger partial charge on any atom is -0.417 e. The third-order valence-electron chi connectivity index (χ3n) is 4.67. The maximum absolute atomic E-state index is 13.2. The van der Waals surface area contributed by atoms with E-state index in [4.69, 9.17) is 4.42 Å². The summed E-state index contributed by atoms with van der Waals surface area (Å²) in [5, 5.41) is 12.7. The quantitative estimate of drug-likeness (QED) is 0.430. The summed E-state index contributed by atoms with van der Waals surface area (Å²) < 4.78 is 20.9. The summed E-state index contributed by atoms with van der Waals surface area (Å²) in [6.45, 7) is 2.25. The molecule has 0 bridgehead atoms. The van der Waals surface area contributed by atoms with Crippen molar-refractivity contribution in [3.05, 3.63) is 60.0 Å². The Hall–Kier alpha value is -2.80. The Balaban J connectivity index is 1.60. The molecule has 0 atom stereocenters. The summed E-state index contributed by atoms with van der Waals surface area (Å²) >= 11 is 1.69. The molecule has 0 aliphatic rings. The monoisotopic (exact) mass is 396 g/mol. The molecule has 0 amide bonds. The van der Waals surface area contributed by atoms with E-state index >= 15 is 0 Å². The van der Waals surface area contributed by atoms with Gasteiger partial charge in [0, 0.05) is 21.5 Å². The van der Waals surface area contributed by atoms with Crippen LogP contribution in [0.15, 0.2) is 57.8 Å². The van der Waals surface area contributed by atoms with Crippen LogP contribution in [0.5, 0.6) is 0 Å². The molecule has 0 aliphatic carbocycles. The predicted molar refractivity (Wildman–Crippen MR) is 111 cm³/mol. The molecule has 0 saturated heterocycles. The number of rotatable bonds is 7. The van der Waals surface area contributed by atoms with Gasteiger partial charge in [0.25, 0.3) is 5.89 Å².